The summed E-state index contributed by atoms with van der Waals surface area (Å²) in [6.07, 6.45) is 6.26. The van der Waals surface area contributed by atoms with E-state index in [0.717, 1.165) is 22.8 Å². The zero-order valence-electron chi connectivity index (χ0n) is 13.9. The van der Waals surface area contributed by atoms with Crippen molar-refractivity contribution in [3.05, 3.63) is 54.1 Å². The Labute approximate surface area is 140 Å². The lowest BCUT2D eigenvalue weighted by molar-refractivity contribution is 0.596. The van der Waals surface area contributed by atoms with Gasteiger partial charge >= 0.3 is 5.84 Å². The number of rotatable bonds is 4. The van der Waals surface area contributed by atoms with E-state index in [4.69, 9.17) is 9.83 Å². The molecule has 1 aromatic carbocycles. The molecule has 0 amide bonds. The molecule has 0 unspecified atom stereocenters. The van der Waals surface area contributed by atoms with Crippen LogP contribution in [-0.2, 0) is 0 Å². The molecule has 0 bridgehead atoms. The van der Waals surface area contributed by atoms with Crippen LogP contribution in [0.2, 0.25) is 0 Å². The highest BCUT2D eigenvalue weighted by atomic mass is 16.3. The number of aliphatic imine (C=N–C) groups is 1. The van der Waals surface area contributed by atoms with Crippen molar-refractivity contribution < 1.29 is 4.42 Å². The van der Waals surface area contributed by atoms with Gasteiger partial charge in [-0.05, 0) is 19.9 Å². The molecule has 122 valence electrons. The van der Waals surface area contributed by atoms with Crippen molar-refractivity contribution in [2.75, 3.05) is 7.05 Å². The molecule has 24 heavy (non-hydrogen) atoms. The lowest BCUT2D eigenvalue weighted by Crippen LogP contribution is -2.13. The highest BCUT2D eigenvalue weighted by Crippen LogP contribution is 2.31. The maximum Gasteiger partial charge on any atom is 0.306 e. The highest BCUT2D eigenvalue weighted by Gasteiger charge is 2.19. The molecule has 0 aliphatic heterocycles. The molecular formula is C18H19N5O. The molecule has 0 radical (unpaired) electrons. The minimum atomic E-state index is 0.494. The average molecular weight is 321 g/mol. The van der Waals surface area contributed by atoms with Gasteiger partial charge in [-0.3, -0.25) is 4.40 Å². The summed E-state index contributed by atoms with van der Waals surface area (Å²) in [6, 6.07) is 8.14. The van der Waals surface area contributed by atoms with Crippen LogP contribution in [0.25, 0.3) is 22.8 Å². The predicted molar refractivity (Wildman–Crippen MR) is 96.6 cm³/mol. The summed E-state index contributed by atoms with van der Waals surface area (Å²) in [7, 11) is 1.81. The van der Waals surface area contributed by atoms with Gasteiger partial charge in [0.2, 0.25) is 0 Å². The first-order chi connectivity index (χ1) is 11.6. The molecule has 0 saturated heterocycles. The molecule has 2 N–H and O–H groups in total. The minimum Gasteiger partial charge on any atom is -0.432 e. The number of imidazole rings is 1. The molecule has 6 heteroatoms. The van der Waals surface area contributed by atoms with Crippen LogP contribution in [0.5, 0.6) is 0 Å². The third kappa shape index (κ3) is 2.86. The van der Waals surface area contributed by atoms with E-state index in [1.165, 1.54) is 11.8 Å². The van der Waals surface area contributed by atoms with Gasteiger partial charge < -0.3 is 15.1 Å². The summed E-state index contributed by atoms with van der Waals surface area (Å²) in [4.78, 5) is 9.17. The van der Waals surface area contributed by atoms with Crippen molar-refractivity contribution in [1.29, 1.82) is 5.41 Å². The molecule has 0 saturated carbocycles. The summed E-state index contributed by atoms with van der Waals surface area (Å²) < 4.78 is 7.29. The number of allylic oxidation sites excluding steroid dienone is 1. The largest absolute Gasteiger partial charge is 0.432 e. The Morgan fingerprint density at radius 2 is 2.08 bits per heavy atom. The average Bonchev–Trinajstić information content (AvgIpc) is 3.15. The molecule has 2 heterocycles. The number of fused-ring (bicyclic) bond motifs is 1. The van der Waals surface area contributed by atoms with E-state index in [1.54, 1.807) is 18.5 Å². The second-order valence-corrected chi connectivity index (χ2v) is 5.40. The third-order valence-electron chi connectivity index (χ3n) is 3.72. The van der Waals surface area contributed by atoms with E-state index >= 15 is 0 Å². The summed E-state index contributed by atoms with van der Waals surface area (Å²) in [5.74, 6) is 1.24. The number of aromatic nitrogens is 2. The normalized spacial score (nSPS) is 12.6. The molecule has 3 aromatic rings. The van der Waals surface area contributed by atoms with Crippen LogP contribution in [0, 0.1) is 12.3 Å². The van der Waals surface area contributed by atoms with E-state index < -0.39 is 0 Å². The lowest BCUT2D eigenvalue weighted by Gasteiger charge is -2.07. The number of hydrogen-bond donors (Lipinski definition) is 2. The molecular weight excluding hydrogens is 302 g/mol. The summed E-state index contributed by atoms with van der Waals surface area (Å²) >= 11 is 0. The van der Waals surface area contributed by atoms with Crippen LogP contribution in [-0.4, -0.2) is 28.5 Å². The van der Waals surface area contributed by atoms with Crippen molar-refractivity contribution in [1.82, 2.24) is 14.7 Å². The van der Waals surface area contributed by atoms with Crippen LogP contribution in [0.1, 0.15) is 18.2 Å². The maximum absolute atomic E-state index is 7.47. The molecule has 6 nitrogen and oxygen atoms in total. The first-order valence-electron chi connectivity index (χ1n) is 7.61. The van der Waals surface area contributed by atoms with Crippen LogP contribution in [0.3, 0.4) is 0 Å². The number of aryl methyl sites for hydroxylation is 1. The van der Waals surface area contributed by atoms with Gasteiger partial charge in [-0.15, -0.1) is 0 Å². The zero-order valence-corrected chi connectivity index (χ0v) is 13.9. The van der Waals surface area contributed by atoms with Gasteiger partial charge in [0.1, 0.15) is 17.7 Å². The molecule has 0 atom stereocenters. The minimum absolute atomic E-state index is 0.494. The summed E-state index contributed by atoms with van der Waals surface area (Å²) in [6.45, 7) is 3.92. The zero-order chi connectivity index (χ0) is 17.1. The maximum atomic E-state index is 7.47. The third-order valence-corrected chi connectivity index (χ3v) is 3.72. The standard InChI is InChI=1S/C18H19N5O/c1-12-4-6-14(7-5-12)16-17(23-10-11-24-18(23)22-16)15(8-9-19)21-13(2)20-3/h4-11,19H,1-3H3,(H,20,21)/b15-8-,19-9?. The molecule has 2 aromatic heterocycles. The van der Waals surface area contributed by atoms with Crippen molar-refractivity contribution >= 4 is 23.6 Å². The first-order valence-corrected chi connectivity index (χ1v) is 7.61. The molecule has 0 spiro atoms. The van der Waals surface area contributed by atoms with E-state index in [0.29, 0.717) is 11.5 Å². The van der Waals surface area contributed by atoms with E-state index in [1.807, 2.05) is 49.6 Å². The van der Waals surface area contributed by atoms with Crippen LogP contribution < -0.4 is 5.32 Å². The SMILES string of the molecule is CN/C(C)=N/C(=C\C=N)c1c(-c2ccc(C)cc2)nc2occn12. The van der Waals surface area contributed by atoms with E-state index in [2.05, 4.69) is 15.3 Å². The second-order valence-electron chi connectivity index (χ2n) is 5.40. The quantitative estimate of drug-likeness (QED) is 0.570. The Balaban J connectivity index is 2.26. The van der Waals surface area contributed by atoms with Crippen LogP contribution >= 0.6 is 0 Å². The topological polar surface area (TPSA) is 78.7 Å². The number of nitrogens with one attached hydrogen (secondary N) is 2. The van der Waals surface area contributed by atoms with Crippen molar-refractivity contribution in [2.45, 2.75) is 13.8 Å². The van der Waals surface area contributed by atoms with E-state index in [9.17, 15) is 0 Å². The monoisotopic (exact) mass is 321 g/mol. The van der Waals surface area contributed by atoms with Gasteiger partial charge in [0.05, 0.1) is 11.5 Å². The Morgan fingerprint density at radius 3 is 2.75 bits per heavy atom. The number of oxazole rings is 1. The Morgan fingerprint density at radius 1 is 1.33 bits per heavy atom. The smallest absolute Gasteiger partial charge is 0.306 e. The van der Waals surface area contributed by atoms with Gasteiger partial charge in [0.25, 0.3) is 0 Å². The second kappa shape index (κ2) is 6.54. The number of amidine groups is 1. The van der Waals surface area contributed by atoms with Gasteiger partial charge in [0.15, 0.2) is 0 Å². The fourth-order valence-corrected chi connectivity index (χ4v) is 2.43. The number of hydrogen-bond acceptors (Lipinski definition) is 4. The van der Waals surface area contributed by atoms with Crippen LogP contribution in [0.4, 0.5) is 0 Å². The Hall–Kier alpha value is -3.15. The highest BCUT2D eigenvalue weighted by molar-refractivity contribution is 5.93. The van der Waals surface area contributed by atoms with Gasteiger partial charge in [-0.25, -0.2) is 4.99 Å². The fraction of sp³-hybridized carbons (Fsp3) is 0.167. The Bertz CT molecular complexity index is 928. The van der Waals surface area contributed by atoms with Crippen LogP contribution in [0.15, 0.2) is 52.2 Å². The van der Waals surface area contributed by atoms with Crippen molar-refractivity contribution in [3.63, 3.8) is 0 Å². The van der Waals surface area contributed by atoms with Gasteiger partial charge in [-0.2, -0.15) is 4.98 Å². The van der Waals surface area contributed by atoms with Gasteiger partial charge in [0, 0.05) is 25.0 Å². The summed E-state index contributed by atoms with van der Waals surface area (Å²) in [5.41, 5.74) is 4.36. The van der Waals surface area contributed by atoms with Crippen molar-refractivity contribution in [2.24, 2.45) is 4.99 Å². The summed E-state index contributed by atoms with van der Waals surface area (Å²) in [5, 5.41) is 10.5. The lowest BCUT2D eigenvalue weighted by atomic mass is 10.1. The number of benzene rings is 1. The number of nitrogens with zero attached hydrogens (tertiary/aromatic N) is 3. The Kier molecular flexibility index (Phi) is 4.29. The van der Waals surface area contributed by atoms with Crippen molar-refractivity contribution in [3.8, 4) is 11.3 Å². The predicted octanol–water partition coefficient (Wildman–Crippen LogP) is 3.53. The molecule has 0 aliphatic carbocycles. The molecule has 0 fully saturated rings. The van der Waals surface area contributed by atoms with E-state index in [-0.39, 0.29) is 0 Å². The fourth-order valence-electron chi connectivity index (χ4n) is 2.43. The molecule has 3 rings (SSSR count). The first kappa shape index (κ1) is 15.7. The molecule has 0 aliphatic rings. The van der Waals surface area contributed by atoms with Gasteiger partial charge in [-0.1, -0.05) is 29.8 Å².